The highest BCUT2D eigenvalue weighted by atomic mass is 16.1. The zero-order chi connectivity index (χ0) is 10.0. The average Bonchev–Trinajstić information content (AvgIpc) is 2.47. The van der Waals surface area contributed by atoms with Crippen molar-refractivity contribution in [2.24, 2.45) is 5.73 Å². The van der Waals surface area contributed by atoms with E-state index in [2.05, 4.69) is 15.2 Å². The van der Waals surface area contributed by atoms with Crippen LogP contribution in [-0.2, 0) is 5.54 Å². The molecule has 5 nitrogen and oxygen atoms in total. The molecule has 0 unspecified atom stereocenters. The number of H-pyrrole nitrogens is 2. The molecule has 1 fully saturated rings. The minimum Gasteiger partial charge on any atom is -0.319 e. The fourth-order valence-electron chi connectivity index (χ4n) is 2.10. The second-order valence-electron chi connectivity index (χ2n) is 4.10. The van der Waals surface area contributed by atoms with E-state index in [4.69, 9.17) is 5.73 Å². The summed E-state index contributed by atoms with van der Waals surface area (Å²) in [6, 6.07) is 0. The molecule has 78 valence electrons. The number of hydrogen-bond donors (Lipinski definition) is 3. The van der Waals surface area contributed by atoms with Gasteiger partial charge in [0, 0.05) is 0 Å². The van der Waals surface area contributed by atoms with Crippen LogP contribution in [0.15, 0.2) is 4.79 Å². The number of hydrogen-bond acceptors (Lipinski definition) is 3. The maximum absolute atomic E-state index is 10.9. The van der Waals surface area contributed by atoms with E-state index in [9.17, 15) is 4.79 Å². The van der Waals surface area contributed by atoms with Crippen LogP contribution in [0, 0.1) is 0 Å². The van der Waals surface area contributed by atoms with Crippen LogP contribution in [-0.4, -0.2) is 15.2 Å². The van der Waals surface area contributed by atoms with E-state index < -0.39 is 5.54 Å². The quantitative estimate of drug-likeness (QED) is 0.575. The van der Waals surface area contributed by atoms with Crippen LogP contribution >= 0.6 is 0 Å². The van der Waals surface area contributed by atoms with Crippen molar-refractivity contribution in [1.29, 1.82) is 0 Å². The lowest BCUT2D eigenvalue weighted by Crippen LogP contribution is -2.37. The minimum atomic E-state index is -0.421. The van der Waals surface area contributed by atoms with Gasteiger partial charge in [0.1, 0.15) is 0 Å². The molecule has 1 aromatic heterocycles. The van der Waals surface area contributed by atoms with Crippen LogP contribution in [0.4, 0.5) is 0 Å². The molecule has 14 heavy (non-hydrogen) atoms. The van der Waals surface area contributed by atoms with Gasteiger partial charge in [0.2, 0.25) is 0 Å². The molecule has 0 bridgehead atoms. The minimum absolute atomic E-state index is 0.269. The monoisotopic (exact) mass is 196 g/mol. The topological polar surface area (TPSA) is 87.6 Å². The third-order valence-corrected chi connectivity index (χ3v) is 2.97. The van der Waals surface area contributed by atoms with Gasteiger partial charge in [0.25, 0.3) is 0 Å². The standard InChI is InChI=1S/C9H16N4O/c10-9(5-3-1-2-4-6-9)7-11-8(14)13-12-7/h1-6,10H2,(H2,11,12,13,14). The van der Waals surface area contributed by atoms with Crippen molar-refractivity contribution in [3.05, 3.63) is 16.3 Å². The molecule has 4 N–H and O–H groups in total. The van der Waals surface area contributed by atoms with Crippen molar-refractivity contribution in [1.82, 2.24) is 15.2 Å². The summed E-state index contributed by atoms with van der Waals surface area (Å²) in [5.41, 5.74) is 5.55. The Morgan fingerprint density at radius 1 is 1.21 bits per heavy atom. The van der Waals surface area contributed by atoms with Gasteiger partial charge >= 0.3 is 5.69 Å². The summed E-state index contributed by atoms with van der Waals surface area (Å²) in [7, 11) is 0. The Labute approximate surface area is 82.1 Å². The second-order valence-corrected chi connectivity index (χ2v) is 4.10. The SMILES string of the molecule is NC1(c2n[nH]c(=O)[nH]2)CCCCCC1. The summed E-state index contributed by atoms with van der Waals surface area (Å²) in [5, 5.41) is 6.31. The van der Waals surface area contributed by atoms with Crippen LogP contribution < -0.4 is 11.4 Å². The first-order valence-electron chi connectivity index (χ1n) is 5.15. The molecule has 5 heteroatoms. The van der Waals surface area contributed by atoms with Gasteiger partial charge in [0.15, 0.2) is 5.82 Å². The predicted octanol–water partition coefficient (Wildman–Crippen LogP) is 0.606. The number of nitrogens with two attached hydrogens (primary N) is 1. The third-order valence-electron chi connectivity index (χ3n) is 2.97. The molecule has 0 radical (unpaired) electrons. The maximum atomic E-state index is 10.9. The van der Waals surface area contributed by atoms with Gasteiger partial charge in [-0.25, -0.2) is 9.89 Å². The van der Waals surface area contributed by atoms with Crippen molar-refractivity contribution in [3.63, 3.8) is 0 Å². The molecular formula is C9H16N4O. The Bertz CT molecular complexity index is 346. The Morgan fingerprint density at radius 2 is 1.86 bits per heavy atom. The molecule has 1 saturated carbocycles. The summed E-state index contributed by atoms with van der Waals surface area (Å²) in [5.74, 6) is 0.615. The smallest absolute Gasteiger partial charge is 0.319 e. The van der Waals surface area contributed by atoms with E-state index in [1.165, 1.54) is 12.8 Å². The maximum Gasteiger partial charge on any atom is 0.340 e. The molecule has 1 aromatic rings. The molecule has 0 amide bonds. The van der Waals surface area contributed by atoms with Gasteiger partial charge in [-0.2, -0.15) is 5.10 Å². The highest BCUT2D eigenvalue weighted by molar-refractivity contribution is 5.03. The first-order valence-corrected chi connectivity index (χ1v) is 5.15. The van der Waals surface area contributed by atoms with Crippen LogP contribution in [0.3, 0.4) is 0 Å². The van der Waals surface area contributed by atoms with E-state index in [1.54, 1.807) is 0 Å². The Kier molecular flexibility index (Phi) is 2.41. The molecular weight excluding hydrogens is 180 g/mol. The first-order chi connectivity index (χ1) is 6.71. The number of aromatic amines is 2. The molecule has 1 aliphatic carbocycles. The first kappa shape index (κ1) is 9.45. The van der Waals surface area contributed by atoms with Crippen LogP contribution in [0.25, 0.3) is 0 Å². The second kappa shape index (κ2) is 3.57. The molecule has 1 aliphatic rings. The number of aromatic nitrogens is 3. The molecule has 1 heterocycles. The van der Waals surface area contributed by atoms with E-state index in [-0.39, 0.29) is 5.69 Å². The Morgan fingerprint density at radius 3 is 2.36 bits per heavy atom. The van der Waals surface area contributed by atoms with Gasteiger partial charge in [-0.05, 0) is 12.8 Å². The molecule has 0 saturated heterocycles. The normalized spacial score (nSPS) is 21.8. The van der Waals surface area contributed by atoms with Crippen molar-refractivity contribution in [2.45, 2.75) is 44.1 Å². The van der Waals surface area contributed by atoms with Gasteiger partial charge in [-0.3, -0.25) is 4.98 Å². The number of rotatable bonds is 1. The van der Waals surface area contributed by atoms with Crippen molar-refractivity contribution in [2.75, 3.05) is 0 Å². The van der Waals surface area contributed by atoms with E-state index >= 15 is 0 Å². The Balaban J connectivity index is 2.25. The molecule has 2 rings (SSSR count). The zero-order valence-electron chi connectivity index (χ0n) is 8.18. The van der Waals surface area contributed by atoms with Crippen molar-refractivity contribution in [3.8, 4) is 0 Å². The number of nitrogens with one attached hydrogen (secondary N) is 2. The fraction of sp³-hybridized carbons (Fsp3) is 0.778. The molecule has 0 spiro atoms. The Hall–Kier alpha value is -1.10. The van der Waals surface area contributed by atoms with E-state index in [1.807, 2.05) is 0 Å². The lowest BCUT2D eigenvalue weighted by molar-refractivity contribution is 0.363. The van der Waals surface area contributed by atoms with Gasteiger partial charge in [0.05, 0.1) is 5.54 Å². The lowest BCUT2D eigenvalue weighted by Gasteiger charge is -2.24. The summed E-state index contributed by atoms with van der Waals surface area (Å²) in [6.07, 6.45) is 6.51. The summed E-state index contributed by atoms with van der Waals surface area (Å²) >= 11 is 0. The largest absolute Gasteiger partial charge is 0.340 e. The van der Waals surface area contributed by atoms with Crippen LogP contribution in [0.2, 0.25) is 0 Å². The molecule has 0 aromatic carbocycles. The van der Waals surface area contributed by atoms with Gasteiger partial charge in [-0.1, -0.05) is 25.7 Å². The van der Waals surface area contributed by atoms with Gasteiger partial charge < -0.3 is 5.73 Å². The van der Waals surface area contributed by atoms with Crippen molar-refractivity contribution < 1.29 is 0 Å². The summed E-state index contributed by atoms with van der Waals surface area (Å²) in [4.78, 5) is 13.6. The fourth-order valence-corrected chi connectivity index (χ4v) is 2.10. The third kappa shape index (κ3) is 1.72. The van der Waals surface area contributed by atoms with E-state index in [0.717, 1.165) is 25.7 Å². The number of nitrogens with zero attached hydrogens (tertiary/aromatic N) is 1. The molecule has 0 aliphatic heterocycles. The lowest BCUT2D eigenvalue weighted by atomic mass is 9.91. The molecule has 0 atom stereocenters. The predicted molar refractivity (Wildman–Crippen MR) is 52.8 cm³/mol. The van der Waals surface area contributed by atoms with E-state index in [0.29, 0.717) is 5.82 Å². The highest BCUT2D eigenvalue weighted by Crippen LogP contribution is 2.30. The average molecular weight is 196 g/mol. The zero-order valence-corrected chi connectivity index (χ0v) is 8.18. The highest BCUT2D eigenvalue weighted by Gasteiger charge is 2.31. The summed E-state index contributed by atoms with van der Waals surface area (Å²) < 4.78 is 0. The van der Waals surface area contributed by atoms with Crippen molar-refractivity contribution >= 4 is 0 Å². The van der Waals surface area contributed by atoms with Crippen LogP contribution in [0.1, 0.15) is 44.3 Å². The summed E-state index contributed by atoms with van der Waals surface area (Å²) in [6.45, 7) is 0. The van der Waals surface area contributed by atoms with Gasteiger partial charge in [-0.15, -0.1) is 0 Å². The van der Waals surface area contributed by atoms with Crippen LogP contribution in [0.5, 0.6) is 0 Å².